The van der Waals surface area contributed by atoms with E-state index in [1.807, 2.05) is 36.4 Å². The summed E-state index contributed by atoms with van der Waals surface area (Å²) in [5.41, 5.74) is 1.97. The fourth-order valence-electron chi connectivity index (χ4n) is 1.79. The first-order valence-corrected chi connectivity index (χ1v) is 8.66. The topological polar surface area (TPSA) is 0 Å². The fourth-order valence-corrected chi connectivity index (χ4v) is 3.41. The molecule has 0 spiro atoms. The van der Waals surface area contributed by atoms with Gasteiger partial charge in [-0.3, -0.25) is 0 Å². The Morgan fingerprint density at radius 2 is 1.23 bits per heavy atom. The maximum atomic E-state index is 5.89. The number of rotatable bonds is 0. The van der Waals surface area contributed by atoms with Crippen LogP contribution in [-0.4, -0.2) is 0 Å². The number of halogens is 1. The summed E-state index contributed by atoms with van der Waals surface area (Å²) in [5, 5.41) is 0. The van der Waals surface area contributed by atoms with Crippen molar-refractivity contribution in [3.8, 4) is 23.7 Å². The Morgan fingerprint density at radius 1 is 0.682 bits per heavy atom. The van der Waals surface area contributed by atoms with Gasteiger partial charge in [0.2, 0.25) is 0 Å². The number of hydrogen-bond donors (Lipinski definition) is 0. The minimum Gasteiger partial charge on any atom is -0.132 e. The van der Waals surface area contributed by atoms with Gasteiger partial charge < -0.3 is 0 Å². The van der Waals surface area contributed by atoms with Crippen molar-refractivity contribution in [2.45, 2.75) is 6.92 Å². The third-order valence-electron chi connectivity index (χ3n) is 2.86. The van der Waals surface area contributed by atoms with Crippen molar-refractivity contribution in [1.29, 1.82) is 0 Å². The van der Waals surface area contributed by atoms with Gasteiger partial charge in [0.1, 0.15) is 0 Å². The molecular formula is C19H11ClS2. The van der Waals surface area contributed by atoms with Gasteiger partial charge in [0, 0.05) is 16.0 Å². The summed E-state index contributed by atoms with van der Waals surface area (Å²) in [6.45, 7) is 2.09. The van der Waals surface area contributed by atoms with Crippen LogP contribution in [0.1, 0.15) is 25.8 Å². The maximum Gasteiger partial charge on any atom is 0.0941 e. The standard InChI is InChI=1S/C19H11ClS2/c1-14-2-9-17(21-14)10-7-15-3-5-16(6-4-15)8-11-18-12-13-19(20)22-18/h2-6,9,12-13H,1H3. The molecule has 0 aliphatic carbocycles. The van der Waals surface area contributed by atoms with Crippen molar-refractivity contribution in [3.05, 3.63) is 78.6 Å². The normalized spacial score (nSPS) is 9.55. The van der Waals surface area contributed by atoms with Gasteiger partial charge in [0.15, 0.2) is 0 Å². The molecule has 0 saturated heterocycles. The fraction of sp³-hybridized carbons (Fsp3) is 0.0526. The van der Waals surface area contributed by atoms with Crippen molar-refractivity contribution >= 4 is 34.3 Å². The van der Waals surface area contributed by atoms with Crippen LogP contribution in [0.5, 0.6) is 0 Å². The highest BCUT2D eigenvalue weighted by atomic mass is 35.5. The molecule has 2 heterocycles. The van der Waals surface area contributed by atoms with Crippen molar-refractivity contribution in [1.82, 2.24) is 0 Å². The molecule has 0 fully saturated rings. The largest absolute Gasteiger partial charge is 0.132 e. The number of thiophene rings is 2. The van der Waals surface area contributed by atoms with Gasteiger partial charge in [0.05, 0.1) is 14.1 Å². The molecular weight excluding hydrogens is 328 g/mol. The highest BCUT2D eigenvalue weighted by molar-refractivity contribution is 7.16. The molecule has 3 aromatic rings. The van der Waals surface area contributed by atoms with E-state index in [2.05, 4.69) is 42.7 Å². The smallest absolute Gasteiger partial charge is 0.0941 e. The van der Waals surface area contributed by atoms with Crippen LogP contribution in [0.25, 0.3) is 0 Å². The third-order valence-corrected chi connectivity index (χ3v) is 4.92. The lowest BCUT2D eigenvalue weighted by Gasteiger charge is -1.91. The van der Waals surface area contributed by atoms with E-state index in [1.54, 1.807) is 11.3 Å². The Kier molecular flexibility index (Phi) is 4.66. The molecule has 2 aromatic heterocycles. The molecule has 0 nitrogen and oxygen atoms in total. The van der Waals surface area contributed by atoms with E-state index in [1.165, 1.54) is 16.2 Å². The first-order valence-electron chi connectivity index (χ1n) is 6.65. The monoisotopic (exact) mass is 338 g/mol. The average Bonchev–Trinajstić information content (AvgIpc) is 3.12. The van der Waals surface area contributed by atoms with Gasteiger partial charge in [-0.15, -0.1) is 22.7 Å². The number of hydrogen-bond acceptors (Lipinski definition) is 2. The molecule has 0 aliphatic rings. The molecule has 3 rings (SSSR count). The molecule has 1 aromatic carbocycles. The Balaban J connectivity index is 1.73. The lowest BCUT2D eigenvalue weighted by molar-refractivity contribution is 1.60. The number of aryl methyl sites for hydroxylation is 1. The van der Waals surface area contributed by atoms with Gasteiger partial charge >= 0.3 is 0 Å². The molecule has 0 atom stereocenters. The van der Waals surface area contributed by atoms with Gasteiger partial charge in [-0.2, -0.15) is 0 Å². The second-order valence-corrected chi connectivity index (χ2v) is 7.59. The van der Waals surface area contributed by atoms with E-state index >= 15 is 0 Å². The molecule has 0 unspecified atom stereocenters. The van der Waals surface area contributed by atoms with E-state index < -0.39 is 0 Å². The maximum absolute atomic E-state index is 5.89. The Hall–Kier alpha value is -1.97. The first-order chi connectivity index (χ1) is 10.7. The minimum atomic E-state index is 0.763. The van der Waals surface area contributed by atoms with Crippen LogP contribution in [0.4, 0.5) is 0 Å². The van der Waals surface area contributed by atoms with Gasteiger partial charge in [-0.05, 0) is 55.5 Å². The molecule has 22 heavy (non-hydrogen) atoms. The summed E-state index contributed by atoms with van der Waals surface area (Å²) in [6.07, 6.45) is 0. The molecule has 0 saturated carbocycles. The molecule has 0 N–H and O–H groups in total. The molecule has 0 amide bonds. The quantitative estimate of drug-likeness (QED) is 0.470. The zero-order valence-corrected chi connectivity index (χ0v) is 14.2. The second kappa shape index (κ2) is 6.86. The lowest BCUT2D eigenvalue weighted by atomic mass is 10.1. The van der Waals surface area contributed by atoms with Crippen molar-refractivity contribution in [2.75, 3.05) is 0 Å². The molecule has 3 heteroatoms. The van der Waals surface area contributed by atoms with E-state index in [0.29, 0.717) is 0 Å². The SMILES string of the molecule is Cc1ccc(C#Cc2ccc(C#Cc3ccc(Cl)s3)cc2)s1. The summed E-state index contributed by atoms with van der Waals surface area (Å²) in [6, 6.07) is 15.9. The van der Waals surface area contributed by atoms with Gasteiger partial charge in [-0.25, -0.2) is 0 Å². The lowest BCUT2D eigenvalue weighted by Crippen LogP contribution is -1.77. The van der Waals surface area contributed by atoms with E-state index in [4.69, 9.17) is 11.6 Å². The Bertz CT molecular complexity index is 829. The molecule has 0 aliphatic heterocycles. The third kappa shape index (κ3) is 4.03. The summed E-state index contributed by atoms with van der Waals surface area (Å²) in [4.78, 5) is 3.35. The van der Waals surface area contributed by atoms with Crippen LogP contribution >= 0.6 is 34.3 Å². The number of benzene rings is 1. The summed E-state index contributed by atoms with van der Waals surface area (Å²) < 4.78 is 0.763. The summed E-state index contributed by atoms with van der Waals surface area (Å²) in [7, 11) is 0. The second-order valence-electron chi connectivity index (χ2n) is 4.59. The summed E-state index contributed by atoms with van der Waals surface area (Å²) in [5.74, 6) is 12.6. The van der Waals surface area contributed by atoms with Crippen molar-refractivity contribution in [2.24, 2.45) is 0 Å². The van der Waals surface area contributed by atoms with Crippen molar-refractivity contribution < 1.29 is 0 Å². The molecule has 106 valence electrons. The van der Waals surface area contributed by atoms with Crippen LogP contribution in [0, 0.1) is 30.6 Å². The van der Waals surface area contributed by atoms with Crippen molar-refractivity contribution in [3.63, 3.8) is 0 Å². The summed E-state index contributed by atoms with van der Waals surface area (Å²) >= 11 is 9.09. The van der Waals surface area contributed by atoms with Crippen LogP contribution in [0.3, 0.4) is 0 Å². The van der Waals surface area contributed by atoms with E-state index in [9.17, 15) is 0 Å². The predicted molar refractivity (Wildman–Crippen MR) is 96.8 cm³/mol. The molecule has 0 bridgehead atoms. The van der Waals surface area contributed by atoms with Gasteiger partial charge in [0.25, 0.3) is 0 Å². The van der Waals surface area contributed by atoms with Crippen LogP contribution in [0.2, 0.25) is 4.34 Å². The zero-order chi connectivity index (χ0) is 15.4. The highest BCUT2D eigenvalue weighted by Gasteiger charge is 1.94. The van der Waals surface area contributed by atoms with Gasteiger partial charge in [-0.1, -0.05) is 35.3 Å². The van der Waals surface area contributed by atoms with Crippen LogP contribution in [-0.2, 0) is 0 Å². The first kappa shape index (κ1) is 14.9. The Morgan fingerprint density at radius 3 is 1.68 bits per heavy atom. The highest BCUT2D eigenvalue weighted by Crippen LogP contribution is 2.20. The van der Waals surface area contributed by atoms with Crippen LogP contribution < -0.4 is 0 Å². The molecule has 0 radical (unpaired) electrons. The van der Waals surface area contributed by atoms with E-state index in [0.717, 1.165) is 25.2 Å². The van der Waals surface area contributed by atoms with E-state index in [-0.39, 0.29) is 0 Å². The van der Waals surface area contributed by atoms with Crippen LogP contribution in [0.15, 0.2) is 48.5 Å². The average molecular weight is 339 g/mol. The minimum absolute atomic E-state index is 0.763. The predicted octanol–water partition coefficient (Wildman–Crippen LogP) is 5.57. The Labute approximate surface area is 143 Å². The zero-order valence-electron chi connectivity index (χ0n) is 11.8.